The summed E-state index contributed by atoms with van der Waals surface area (Å²) in [6.07, 6.45) is 2.43. The Morgan fingerprint density at radius 2 is 1.96 bits per heavy atom. The van der Waals surface area contributed by atoms with Gasteiger partial charge in [0.15, 0.2) is 0 Å². The van der Waals surface area contributed by atoms with Crippen LogP contribution in [0.1, 0.15) is 49.5 Å². The van der Waals surface area contributed by atoms with E-state index in [4.69, 9.17) is 4.74 Å². The van der Waals surface area contributed by atoms with Gasteiger partial charge in [-0.15, -0.1) is 0 Å². The van der Waals surface area contributed by atoms with Crippen molar-refractivity contribution in [3.63, 3.8) is 0 Å². The van der Waals surface area contributed by atoms with Gasteiger partial charge >= 0.3 is 5.97 Å². The molecule has 0 radical (unpaired) electrons. The first kappa shape index (κ1) is 20.4. The van der Waals surface area contributed by atoms with E-state index in [1.165, 1.54) is 6.20 Å². The summed E-state index contributed by atoms with van der Waals surface area (Å²) < 4.78 is 5.65. The highest BCUT2D eigenvalue weighted by molar-refractivity contribution is 5.96. The molecule has 6 heteroatoms. The maximum Gasteiger partial charge on any atom is 0.326 e. The van der Waals surface area contributed by atoms with E-state index in [2.05, 4.69) is 10.3 Å². The first-order chi connectivity index (χ1) is 12.6. The van der Waals surface area contributed by atoms with Crippen LogP contribution >= 0.6 is 0 Å². The molecule has 0 spiro atoms. The summed E-state index contributed by atoms with van der Waals surface area (Å²) in [6, 6.07) is 9.78. The summed E-state index contributed by atoms with van der Waals surface area (Å²) in [5.74, 6) is -0.488. The van der Waals surface area contributed by atoms with Crippen molar-refractivity contribution in [1.82, 2.24) is 10.3 Å². The van der Waals surface area contributed by atoms with Gasteiger partial charge < -0.3 is 15.2 Å². The summed E-state index contributed by atoms with van der Waals surface area (Å²) >= 11 is 0. The van der Waals surface area contributed by atoms with Gasteiger partial charge in [-0.2, -0.15) is 0 Å². The van der Waals surface area contributed by atoms with Crippen LogP contribution in [0.3, 0.4) is 0 Å². The van der Waals surface area contributed by atoms with Gasteiger partial charge in [0.1, 0.15) is 11.8 Å². The smallest absolute Gasteiger partial charge is 0.326 e. The van der Waals surface area contributed by atoms with Gasteiger partial charge in [-0.25, -0.2) is 9.78 Å². The number of ether oxygens (including phenoxy) is 1. The van der Waals surface area contributed by atoms with Crippen molar-refractivity contribution in [3.05, 3.63) is 53.7 Å². The maximum atomic E-state index is 12.3. The van der Waals surface area contributed by atoms with E-state index in [-0.39, 0.29) is 11.0 Å². The Morgan fingerprint density at radius 3 is 2.52 bits per heavy atom. The molecule has 0 bridgehead atoms. The molecule has 1 heterocycles. The molecule has 1 atom stereocenters. The summed E-state index contributed by atoms with van der Waals surface area (Å²) in [6.45, 7) is 8.06. The molecule has 27 heavy (non-hydrogen) atoms. The molecule has 6 nitrogen and oxygen atoms in total. The minimum absolute atomic E-state index is 0.00520. The number of benzene rings is 1. The second kappa shape index (κ2) is 8.66. The van der Waals surface area contributed by atoms with Crippen LogP contribution in [0.15, 0.2) is 42.6 Å². The molecule has 0 saturated carbocycles. The lowest BCUT2D eigenvalue weighted by atomic mass is 9.88. The molecule has 0 aliphatic rings. The minimum atomic E-state index is -1.04. The van der Waals surface area contributed by atoms with Crippen molar-refractivity contribution in [2.45, 2.75) is 46.6 Å². The van der Waals surface area contributed by atoms with Crippen LogP contribution < -0.4 is 10.1 Å². The van der Waals surface area contributed by atoms with Gasteiger partial charge in [-0.1, -0.05) is 32.9 Å². The van der Waals surface area contributed by atoms with Crippen LogP contribution in [0.2, 0.25) is 0 Å². The minimum Gasteiger partial charge on any atom is -0.480 e. The molecule has 144 valence electrons. The molecule has 2 aromatic rings. The van der Waals surface area contributed by atoms with Crippen molar-refractivity contribution in [3.8, 4) is 11.6 Å². The number of nitrogens with zero attached hydrogens (tertiary/aromatic N) is 1. The number of carboxylic acids is 1. The summed E-state index contributed by atoms with van der Waals surface area (Å²) in [5.41, 5.74) is 1.35. The Kier molecular flexibility index (Phi) is 6.55. The number of rotatable bonds is 7. The molecule has 1 aromatic carbocycles. The second-order valence-electron chi connectivity index (χ2n) is 7.77. The summed E-state index contributed by atoms with van der Waals surface area (Å²) in [4.78, 5) is 27.9. The lowest BCUT2D eigenvalue weighted by Gasteiger charge is -2.21. The fourth-order valence-electron chi connectivity index (χ4n) is 2.45. The van der Waals surface area contributed by atoms with Crippen LogP contribution in [-0.4, -0.2) is 28.0 Å². The van der Waals surface area contributed by atoms with Crippen LogP contribution in [0.5, 0.6) is 11.6 Å². The van der Waals surface area contributed by atoms with Crippen LogP contribution in [0.4, 0.5) is 0 Å². The Balaban J connectivity index is 2.00. The van der Waals surface area contributed by atoms with Gasteiger partial charge in [0, 0.05) is 12.3 Å². The Labute approximate surface area is 159 Å². The van der Waals surface area contributed by atoms with Gasteiger partial charge in [0.05, 0.1) is 5.56 Å². The van der Waals surface area contributed by atoms with E-state index in [1.54, 1.807) is 12.1 Å². The largest absolute Gasteiger partial charge is 0.480 e. The zero-order valence-corrected chi connectivity index (χ0v) is 16.2. The molecule has 0 fully saturated rings. The number of aliphatic carboxylic acids is 1. The SMILES string of the molecule is Cc1cccc(Oc2ccc(C(=O)N[C@@H](CCC(C)(C)C)C(=O)O)cn2)c1. The van der Waals surface area contributed by atoms with Gasteiger partial charge in [0.25, 0.3) is 5.91 Å². The monoisotopic (exact) mass is 370 g/mol. The number of carbonyl (C=O) groups excluding carboxylic acids is 1. The average molecular weight is 370 g/mol. The highest BCUT2D eigenvalue weighted by Gasteiger charge is 2.23. The van der Waals surface area contributed by atoms with Crippen molar-refractivity contribution >= 4 is 11.9 Å². The maximum absolute atomic E-state index is 12.3. The molecule has 0 aliphatic carbocycles. The topological polar surface area (TPSA) is 88.5 Å². The molecule has 0 saturated heterocycles. The molecule has 2 N–H and O–H groups in total. The van der Waals surface area contributed by atoms with Crippen LogP contribution in [0.25, 0.3) is 0 Å². The molecular weight excluding hydrogens is 344 g/mol. The third kappa shape index (κ3) is 6.73. The van der Waals surface area contributed by atoms with Crippen LogP contribution in [0, 0.1) is 12.3 Å². The molecule has 2 rings (SSSR count). The average Bonchev–Trinajstić information content (AvgIpc) is 2.58. The Hall–Kier alpha value is -2.89. The van der Waals surface area contributed by atoms with Gasteiger partial charge in [-0.05, 0) is 48.9 Å². The predicted molar refractivity (Wildman–Crippen MR) is 103 cm³/mol. The quantitative estimate of drug-likeness (QED) is 0.763. The third-order valence-electron chi connectivity index (χ3n) is 4.00. The van der Waals surface area contributed by atoms with Crippen molar-refractivity contribution in [2.75, 3.05) is 0 Å². The zero-order chi connectivity index (χ0) is 20.0. The lowest BCUT2D eigenvalue weighted by molar-refractivity contribution is -0.139. The van der Waals surface area contributed by atoms with E-state index in [0.29, 0.717) is 24.5 Å². The van der Waals surface area contributed by atoms with Crippen molar-refractivity contribution in [2.24, 2.45) is 5.41 Å². The number of aryl methyl sites for hydroxylation is 1. The third-order valence-corrected chi connectivity index (χ3v) is 4.00. The number of amides is 1. The van der Waals surface area contributed by atoms with E-state index >= 15 is 0 Å². The Morgan fingerprint density at radius 1 is 1.22 bits per heavy atom. The molecule has 1 amide bonds. The first-order valence-electron chi connectivity index (χ1n) is 8.88. The van der Waals surface area contributed by atoms with Crippen LogP contribution in [-0.2, 0) is 4.79 Å². The summed E-state index contributed by atoms with van der Waals surface area (Å²) in [5, 5.41) is 11.9. The van der Waals surface area contributed by atoms with E-state index in [0.717, 1.165) is 5.56 Å². The van der Waals surface area contributed by atoms with Crippen molar-refractivity contribution in [1.29, 1.82) is 0 Å². The number of pyridine rings is 1. The number of nitrogens with one attached hydrogen (secondary N) is 1. The molecule has 0 aliphatic heterocycles. The molecule has 0 unspecified atom stereocenters. The lowest BCUT2D eigenvalue weighted by Crippen LogP contribution is -2.41. The van der Waals surface area contributed by atoms with Crippen molar-refractivity contribution < 1.29 is 19.4 Å². The normalized spacial score (nSPS) is 12.3. The van der Waals surface area contributed by atoms with E-state index in [9.17, 15) is 14.7 Å². The number of hydrogen-bond donors (Lipinski definition) is 2. The number of aromatic nitrogens is 1. The van der Waals surface area contributed by atoms with Gasteiger partial charge in [-0.3, -0.25) is 4.79 Å². The van der Waals surface area contributed by atoms with E-state index in [1.807, 2.05) is 52.0 Å². The Bertz CT molecular complexity index is 795. The predicted octanol–water partition coefficient (Wildman–Crippen LogP) is 4.19. The number of carbonyl (C=O) groups is 2. The summed E-state index contributed by atoms with van der Waals surface area (Å²) in [7, 11) is 0. The standard InChI is InChI=1S/C21H26N2O4/c1-14-6-5-7-16(12-14)27-18-9-8-15(13-22-18)19(24)23-17(20(25)26)10-11-21(2,3)4/h5-9,12-13,17H,10-11H2,1-4H3,(H,23,24)(H,25,26)/t17-/m0/s1. The molecule has 1 aromatic heterocycles. The van der Waals surface area contributed by atoms with E-state index < -0.39 is 17.9 Å². The number of hydrogen-bond acceptors (Lipinski definition) is 4. The fourth-order valence-corrected chi connectivity index (χ4v) is 2.45. The first-order valence-corrected chi connectivity index (χ1v) is 8.88. The molecular formula is C21H26N2O4. The highest BCUT2D eigenvalue weighted by Crippen LogP contribution is 2.22. The zero-order valence-electron chi connectivity index (χ0n) is 16.2. The second-order valence-corrected chi connectivity index (χ2v) is 7.77. The van der Waals surface area contributed by atoms with Gasteiger partial charge in [0.2, 0.25) is 5.88 Å². The highest BCUT2D eigenvalue weighted by atomic mass is 16.5. The fraction of sp³-hybridized carbons (Fsp3) is 0.381. The number of carboxylic acid groups (broad SMARTS) is 1.